The molecule has 200 valence electrons. The summed E-state index contributed by atoms with van der Waals surface area (Å²) >= 11 is 0. The summed E-state index contributed by atoms with van der Waals surface area (Å²) in [4.78, 5) is 22.1. The highest BCUT2D eigenvalue weighted by atomic mass is 19.1. The molecule has 3 heterocycles. The van der Waals surface area contributed by atoms with E-state index in [4.69, 9.17) is 10.5 Å². The fraction of sp³-hybridized carbons (Fsp3) is 0.536. The fourth-order valence-electron chi connectivity index (χ4n) is 6.17. The molecule has 1 amide bonds. The lowest BCUT2D eigenvalue weighted by molar-refractivity contribution is -0.137. The number of anilines is 3. The quantitative estimate of drug-likeness (QED) is 0.618. The Kier molecular flexibility index (Phi) is 7.42. The normalized spacial score (nSPS) is 21.5. The molecule has 0 saturated carbocycles. The number of carbonyl (C=O) groups excluding carboxylic acids is 1. The molecule has 7 nitrogen and oxygen atoms in total. The van der Waals surface area contributed by atoms with Gasteiger partial charge in [0, 0.05) is 81.9 Å². The van der Waals surface area contributed by atoms with Crippen LogP contribution in [-0.4, -0.2) is 81.2 Å². The average molecular weight is 514 g/mol. The topological polar surface area (TPSA) is 65.3 Å². The van der Waals surface area contributed by atoms with Gasteiger partial charge in [0.25, 0.3) is 0 Å². The largest absolute Gasteiger partial charge is 0.495 e. The summed E-state index contributed by atoms with van der Waals surface area (Å²) in [5, 5.41) is 0. The van der Waals surface area contributed by atoms with Crippen LogP contribution >= 0.6 is 0 Å². The Hall–Kier alpha value is -3.07. The van der Waals surface area contributed by atoms with E-state index in [0.717, 1.165) is 69.5 Å². The summed E-state index contributed by atoms with van der Waals surface area (Å²) in [7, 11) is 1.65. The minimum Gasteiger partial charge on any atom is -0.495 e. The molecule has 0 spiro atoms. The first-order valence-corrected chi connectivity index (χ1v) is 13.3. The Balaban J connectivity index is 1.10. The van der Waals surface area contributed by atoms with Crippen LogP contribution < -0.4 is 20.3 Å². The molecule has 37 heavy (non-hydrogen) atoms. The van der Waals surface area contributed by atoms with Gasteiger partial charge in [0.05, 0.1) is 18.7 Å². The second-order valence-corrected chi connectivity index (χ2v) is 10.5. The van der Waals surface area contributed by atoms with E-state index >= 15 is 0 Å². The zero-order valence-corrected chi connectivity index (χ0v) is 21.8. The molecule has 0 bridgehead atoms. The molecule has 1 atom stereocenters. The molecule has 0 aromatic heterocycles. The predicted molar refractivity (Wildman–Crippen MR) is 142 cm³/mol. The second-order valence-electron chi connectivity index (χ2n) is 10.5. The van der Waals surface area contributed by atoms with E-state index in [9.17, 15) is 13.6 Å². The van der Waals surface area contributed by atoms with Crippen LogP contribution in [0.4, 0.5) is 25.8 Å². The molecule has 9 heteroatoms. The number of ether oxygens (including phenoxy) is 1. The van der Waals surface area contributed by atoms with Gasteiger partial charge in [-0.25, -0.2) is 8.78 Å². The number of nitrogen functional groups attached to an aromatic ring is 1. The molecule has 2 N–H and O–H groups in total. The van der Waals surface area contributed by atoms with Crippen LogP contribution in [-0.2, 0) is 4.79 Å². The fourth-order valence-corrected chi connectivity index (χ4v) is 6.17. The lowest BCUT2D eigenvalue weighted by Gasteiger charge is -2.44. The third kappa shape index (κ3) is 5.46. The first-order chi connectivity index (χ1) is 17.8. The molecular formula is C28H37F2N5O2. The molecule has 2 aromatic carbocycles. The van der Waals surface area contributed by atoms with Gasteiger partial charge in [-0.1, -0.05) is 0 Å². The lowest BCUT2D eigenvalue weighted by Crippen LogP contribution is -2.55. The van der Waals surface area contributed by atoms with Crippen molar-refractivity contribution < 1.29 is 18.3 Å². The molecule has 3 aliphatic rings. The van der Waals surface area contributed by atoms with Crippen molar-refractivity contribution in [3.8, 4) is 5.75 Å². The number of nitrogens with two attached hydrogens (primary N) is 1. The molecule has 3 aliphatic heterocycles. The van der Waals surface area contributed by atoms with E-state index < -0.39 is 11.6 Å². The first-order valence-electron chi connectivity index (χ1n) is 13.3. The average Bonchev–Trinajstić information content (AvgIpc) is 3.39. The van der Waals surface area contributed by atoms with E-state index in [1.165, 1.54) is 17.8 Å². The number of hydrogen-bond donors (Lipinski definition) is 1. The standard InChI is InChI=1S/C28H37F2N5O2/c1-19-13-25(31)27(37-2)17-26(19)33-7-4-23(5-8-33)32-9-11-34(12-10-32)28(36)20-3-6-35(18-20)24-15-21(29)14-22(30)16-24/h13-17,20,23H,3-12,18,31H2,1-2H3. The highest BCUT2D eigenvalue weighted by molar-refractivity contribution is 5.80. The number of halogens is 2. The van der Waals surface area contributed by atoms with Crippen molar-refractivity contribution in [2.75, 3.05) is 75.0 Å². The number of aryl methyl sites for hydroxylation is 1. The van der Waals surface area contributed by atoms with Crippen molar-refractivity contribution in [1.82, 2.24) is 9.80 Å². The van der Waals surface area contributed by atoms with E-state index in [1.54, 1.807) is 7.11 Å². The molecule has 3 fully saturated rings. The summed E-state index contributed by atoms with van der Waals surface area (Å²) in [6.07, 6.45) is 2.88. The summed E-state index contributed by atoms with van der Waals surface area (Å²) in [5.41, 5.74) is 9.59. The Bertz CT molecular complexity index is 1110. The zero-order chi connectivity index (χ0) is 26.1. The van der Waals surface area contributed by atoms with Gasteiger partial charge in [-0.15, -0.1) is 0 Å². The second kappa shape index (κ2) is 10.7. The van der Waals surface area contributed by atoms with Crippen LogP contribution in [0.3, 0.4) is 0 Å². The van der Waals surface area contributed by atoms with Crippen molar-refractivity contribution in [2.24, 2.45) is 5.92 Å². The minimum atomic E-state index is -0.588. The molecular weight excluding hydrogens is 476 g/mol. The van der Waals surface area contributed by atoms with Crippen molar-refractivity contribution in [3.05, 3.63) is 47.5 Å². The van der Waals surface area contributed by atoms with Gasteiger partial charge in [-0.05, 0) is 49.9 Å². The van der Waals surface area contributed by atoms with Gasteiger partial charge in [-0.3, -0.25) is 9.69 Å². The number of amides is 1. The van der Waals surface area contributed by atoms with Crippen LogP contribution in [0.5, 0.6) is 5.75 Å². The number of carbonyl (C=O) groups is 1. The molecule has 0 aliphatic carbocycles. The first kappa shape index (κ1) is 25.6. The van der Waals surface area contributed by atoms with Crippen LogP contribution in [0.15, 0.2) is 30.3 Å². The van der Waals surface area contributed by atoms with E-state index in [-0.39, 0.29) is 11.8 Å². The number of piperazine rings is 1. The zero-order valence-electron chi connectivity index (χ0n) is 21.8. The summed E-state index contributed by atoms with van der Waals surface area (Å²) in [5.74, 6) is -0.412. The Labute approximate surface area is 217 Å². The van der Waals surface area contributed by atoms with Crippen molar-refractivity contribution in [3.63, 3.8) is 0 Å². The number of rotatable bonds is 5. The maximum Gasteiger partial charge on any atom is 0.227 e. The Morgan fingerprint density at radius 3 is 2.19 bits per heavy atom. The van der Waals surface area contributed by atoms with Gasteiger partial charge < -0.3 is 25.2 Å². The monoisotopic (exact) mass is 513 g/mol. The number of methoxy groups -OCH3 is 1. The third-order valence-electron chi connectivity index (χ3n) is 8.25. The highest BCUT2D eigenvalue weighted by Crippen LogP contribution is 2.33. The maximum atomic E-state index is 13.6. The smallest absolute Gasteiger partial charge is 0.227 e. The number of hydrogen-bond acceptors (Lipinski definition) is 6. The van der Waals surface area contributed by atoms with Gasteiger partial charge >= 0.3 is 0 Å². The van der Waals surface area contributed by atoms with Crippen LogP contribution in [0.1, 0.15) is 24.8 Å². The van der Waals surface area contributed by atoms with Crippen LogP contribution in [0.25, 0.3) is 0 Å². The van der Waals surface area contributed by atoms with Crippen LogP contribution in [0, 0.1) is 24.5 Å². The van der Waals surface area contributed by atoms with Crippen molar-refractivity contribution >= 4 is 23.0 Å². The Morgan fingerprint density at radius 1 is 0.892 bits per heavy atom. The van der Waals surface area contributed by atoms with E-state index in [1.807, 2.05) is 21.9 Å². The third-order valence-corrected chi connectivity index (χ3v) is 8.25. The minimum absolute atomic E-state index is 0.124. The number of nitrogens with zero attached hydrogens (tertiary/aromatic N) is 4. The van der Waals surface area contributed by atoms with E-state index in [0.29, 0.717) is 36.9 Å². The number of benzene rings is 2. The van der Waals surface area contributed by atoms with E-state index in [2.05, 4.69) is 16.7 Å². The molecule has 3 saturated heterocycles. The lowest BCUT2D eigenvalue weighted by atomic mass is 10.00. The van der Waals surface area contributed by atoms with Gasteiger partial charge in [0.2, 0.25) is 5.91 Å². The van der Waals surface area contributed by atoms with Gasteiger partial charge in [-0.2, -0.15) is 0 Å². The number of piperidine rings is 1. The summed E-state index contributed by atoms with van der Waals surface area (Å²) in [6, 6.07) is 8.10. The van der Waals surface area contributed by atoms with Gasteiger partial charge in [0.1, 0.15) is 17.4 Å². The van der Waals surface area contributed by atoms with Gasteiger partial charge in [0.15, 0.2) is 0 Å². The predicted octanol–water partition coefficient (Wildman–Crippen LogP) is 3.50. The SMILES string of the molecule is COc1cc(N2CCC(N3CCN(C(=O)C4CCN(c5cc(F)cc(F)c5)C4)CC3)CC2)c(C)cc1N. The van der Waals surface area contributed by atoms with Crippen molar-refractivity contribution in [1.29, 1.82) is 0 Å². The Morgan fingerprint density at radius 2 is 1.54 bits per heavy atom. The van der Waals surface area contributed by atoms with Crippen molar-refractivity contribution in [2.45, 2.75) is 32.2 Å². The molecule has 0 radical (unpaired) electrons. The highest BCUT2D eigenvalue weighted by Gasteiger charge is 2.35. The molecule has 5 rings (SSSR count). The maximum absolute atomic E-state index is 13.6. The van der Waals surface area contributed by atoms with Crippen LogP contribution in [0.2, 0.25) is 0 Å². The molecule has 2 aromatic rings. The molecule has 1 unspecified atom stereocenters. The summed E-state index contributed by atoms with van der Waals surface area (Å²) in [6.45, 7) is 8.44. The summed E-state index contributed by atoms with van der Waals surface area (Å²) < 4.78 is 32.7.